The Kier molecular flexibility index (Phi) is 4.36. The molecule has 0 rings (SSSR count). The summed E-state index contributed by atoms with van der Waals surface area (Å²) in [6.07, 6.45) is 3.64. The van der Waals surface area contributed by atoms with Gasteiger partial charge in [-0.1, -0.05) is 6.92 Å². The molecule has 48 valence electrons. The Morgan fingerprint density at radius 2 is 2.38 bits per heavy atom. The standard InChI is InChI=1S/C6H13NO/c1-6(5-7)3-2-4-8/h2,4,6,8H,3,5,7H2,1H3. The van der Waals surface area contributed by atoms with E-state index in [-0.39, 0.29) is 0 Å². The van der Waals surface area contributed by atoms with Gasteiger partial charge in [0.1, 0.15) is 0 Å². The van der Waals surface area contributed by atoms with E-state index in [9.17, 15) is 0 Å². The fourth-order valence-corrected chi connectivity index (χ4v) is 0.389. The maximum Gasteiger partial charge on any atom is 0.0751 e. The van der Waals surface area contributed by atoms with Gasteiger partial charge in [-0.05, 0) is 25.0 Å². The Morgan fingerprint density at radius 3 is 2.75 bits per heavy atom. The van der Waals surface area contributed by atoms with Gasteiger partial charge in [0.25, 0.3) is 0 Å². The highest BCUT2D eigenvalue weighted by atomic mass is 16.2. The van der Waals surface area contributed by atoms with Crippen molar-refractivity contribution in [2.75, 3.05) is 6.54 Å². The number of rotatable bonds is 3. The molecule has 2 heteroatoms. The topological polar surface area (TPSA) is 46.2 Å². The Bertz CT molecular complexity index is 70.9. The summed E-state index contributed by atoms with van der Waals surface area (Å²) >= 11 is 0. The van der Waals surface area contributed by atoms with Crippen molar-refractivity contribution in [1.82, 2.24) is 0 Å². The van der Waals surface area contributed by atoms with E-state index >= 15 is 0 Å². The molecular weight excluding hydrogens is 102 g/mol. The van der Waals surface area contributed by atoms with Gasteiger partial charge in [-0.25, -0.2) is 0 Å². The van der Waals surface area contributed by atoms with Crippen LogP contribution in [0.15, 0.2) is 12.3 Å². The predicted molar refractivity (Wildman–Crippen MR) is 34.6 cm³/mol. The molecule has 0 radical (unpaired) electrons. The van der Waals surface area contributed by atoms with Crippen molar-refractivity contribution in [3.8, 4) is 0 Å². The van der Waals surface area contributed by atoms with Gasteiger partial charge in [0.05, 0.1) is 6.26 Å². The third-order valence-corrected chi connectivity index (χ3v) is 1.05. The fourth-order valence-electron chi connectivity index (χ4n) is 0.389. The molecule has 0 bridgehead atoms. The number of allylic oxidation sites excluding steroid dienone is 1. The van der Waals surface area contributed by atoms with Crippen molar-refractivity contribution in [2.45, 2.75) is 13.3 Å². The maximum absolute atomic E-state index is 8.19. The molecule has 0 heterocycles. The molecule has 0 spiro atoms. The minimum Gasteiger partial charge on any atom is -0.516 e. The molecular formula is C6H13NO. The second-order valence-electron chi connectivity index (χ2n) is 1.96. The van der Waals surface area contributed by atoms with Gasteiger partial charge in [-0.3, -0.25) is 0 Å². The second kappa shape index (κ2) is 4.65. The Hall–Kier alpha value is -0.500. The van der Waals surface area contributed by atoms with Gasteiger partial charge in [0.15, 0.2) is 0 Å². The Balaban J connectivity index is 3.10. The summed E-state index contributed by atoms with van der Waals surface area (Å²) in [4.78, 5) is 0. The molecule has 1 unspecified atom stereocenters. The molecule has 2 nitrogen and oxygen atoms in total. The van der Waals surface area contributed by atoms with E-state index in [1.165, 1.54) is 0 Å². The summed E-state index contributed by atoms with van der Waals surface area (Å²) in [7, 11) is 0. The van der Waals surface area contributed by atoms with Crippen molar-refractivity contribution in [2.24, 2.45) is 11.7 Å². The van der Waals surface area contributed by atoms with Gasteiger partial charge in [0.2, 0.25) is 0 Å². The number of nitrogens with two attached hydrogens (primary N) is 1. The molecule has 0 saturated heterocycles. The molecule has 0 amide bonds. The Morgan fingerprint density at radius 1 is 1.75 bits per heavy atom. The van der Waals surface area contributed by atoms with Gasteiger partial charge < -0.3 is 10.8 Å². The van der Waals surface area contributed by atoms with E-state index < -0.39 is 0 Å². The number of hydrogen-bond acceptors (Lipinski definition) is 2. The molecule has 0 saturated carbocycles. The van der Waals surface area contributed by atoms with Gasteiger partial charge in [-0.2, -0.15) is 0 Å². The summed E-state index contributed by atoms with van der Waals surface area (Å²) in [6.45, 7) is 2.73. The van der Waals surface area contributed by atoms with Crippen LogP contribution in [0.3, 0.4) is 0 Å². The quantitative estimate of drug-likeness (QED) is 0.540. The highest BCUT2D eigenvalue weighted by Crippen LogP contribution is 1.97. The van der Waals surface area contributed by atoms with Crippen LogP contribution >= 0.6 is 0 Å². The minimum absolute atomic E-state index is 0.485. The lowest BCUT2D eigenvalue weighted by Gasteiger charge is -2.00. The van der Waals surface area contributed by atoms with Crippen LogP contribution in [0.1, 0.15) is 13.3 Å². The summed E-state index contributed by atoms with van der Waals surface area (Å²) < 4.78 is 0. The van der Waals surface area contributed by atoms with Gasteiger partial charge in [0, 0.05) is 0 Å². The number of aliphatic hydroxyl groups is 1. The van der Waals surface area contributed by atoms with Gasteiger partial charge in [-0.15, -0.1) is 0 Å². The first-order valence-electron chi connectivity index (χ1n) is 2.80. The van der Waals surface area contributed by atoms with Crippen LogP contribution in [0.5, 0.6) is 0 Å². The minimum atomic E-state index is 0.485. The summed E-state index contributed by atoms with van der Waals surface area (Å²) in [5.74, 6) is 0.485. The summed E-state index contributed by atoms with van der Waals surface area (Å²) in [5.41, 5.74) is 5.30. The van der Waals surface area contributed by atoms with Crippen molar-refractivity contribution in [3.05, 3.63) is 12.3 Å². The molecule has 3 N–H and O–H groups in total. The van der Waals surface area contributed by atoms with Gasteiger partial charge >= 0.3 is 0 Å². The highest BCUT2D eigenvalue weighted by Gasteiger charge is 1.92. The van der Waals surface area contributed by atoms with E-state index in [1.54, 1.807) is 6.08 Å². The molecule has 0 aromatic rings. The molecule has 0 aliphatic heterocycles. The summed E-state index contributed by atoms with van der Waals surface area (Å²) in [5, 5.41) is 8.19. The first kappa shape index (κ1) is 7.50. The lowest BCUT2D eigenvalue weighted by atomic mass is 10.1. The van der Waals surface area contributed by atoms with E-state index in [0.717, 1.165) is 12.7 Å². The highest BCUT2D eigenvalue weighted by molar-refractivity contribution is 4.74. The average molecular weight is 115 g/mol. The largest absolute Gasteiger partial charge is 0.516 e. The zero-order chi connectivity index (χ0) is 6.41. The van der Waals surface area contributed by atoms with E-state index in [0.29, 0.717) is 12.5 Å². The van der Waals surface area contributed by atoms with E-state index in [2.05, 4.69) is 0 Å². The van der Waals surface area contributed by atoms with Crippen LogP contribution in [-0.2, 0) is 0 Å². The fraction of sp³-hybridized carbons (Fsp3) is 0.667. The number of aliphatic hydroxyl groups excluding tert-OH is 1. The van der Waals surface area contributed by atoms with Crippen LogP contribution < -0.4 is 5.73 Å². The normalized spacial score (nSPS) is 14.8. The Labute approximate surface area is 50.0 Å². The molecule has 8 heavy (non-hydrogen) atoms. The first-order chi connectivity index (χ1) is 3.81. The van der Waals surface area contributed by atoms with Crippen LogP contribution in [0.4, 0.5) is 0 Å². The molecule has 1 atom stereocenters. The summed E-state index contributed by atoms with van der Waals surface area (Å²) in [6, 6.07) is 0. The van der Waals surface area contributed by atoms with Crippen LogP contribution in [0.25, 0.3) is 0 Å². The lowest BCUT2D eigenvalue weighted by Crippen LogP contribution is -2.09. The average Bonchev–Trinajstić information content (AvgIpc) is 1.83. The van der Waals surface area contributed by atoms with E-state index in [1.807, 2.05) is 6.92 Å². The molecule has 0 aliphatic carbocycles. The second-order valence-corrected chi connectivity index (χ2v) is 1.96. The van der Waals surface area contributed by atoms with Crippen LogP contribution in [-0.4, -0.2) is 11.7 Å². The first-order valence-corrected chi connectivity index (χ1v) is 2.80. The maximum atomic E-state index is 8.19. The van der Waals surface area contributed by atoms with Crippen molar-refractivity contribution in [1.29, 1.82) is 0 Å². The third kappa shape index (κ3) is 3.68. The predicted octanol–water partition coefficient (Wildman–Crippen LogP) is 1.04. The van der Waals surface area contributed by atoms with E-state index in [4.69, 9.17) is 10.8 Å². The monoisotopic (exact) mass is 115 g/mol. The van der Waals surface area contributed by atoms with Crippen molar-refractivity contribution in [3.63, 3.8) is 0 Å². The zero-order valence-electron chi connectivity index (χ0n) is 5.17. The number of hydrogen-bond donors (Lipinski definition) is 2. The van der Waals surface area contributed by atoms with Crippen LogP contribution in [0.2, 0.25) is 0 Å². The molecule has 0 fully saturated rings. The molecule has 0 aromatic heterocycles. The smallest absolute Gasteiger partial charge is 0.0751 e. The zero-order valence-corrected chi connectivity index (χ0v) is 5.17. The van der Waals surface area contributed by atoms with Crippen LogP contribution in [0, 0.1) is 5.92 Å². The molecule has 0 aromatic carbocycles. The third-order valence-electron chi connectivity index (χ3n) is 1.05. The van der Waals surface area contributed by atoms with Crippen molar-refractivity contribution >= 4 is 0 Å². The molecule has 0 aliphatic rings. The SMILES string of the molecule is CC(CN)CC=CO. The lowest BCUT2D eigenvalue weighted by molar-refractivity contribution is 0.466. The van der Waals surface area contributed by atoms with Crippen molar-refractivity contribution < 1.29 is 5.11 Å².